The van der Waals surface area contributed by atoms with E-state index in [2.05, 4.69) is 0 Å². The van der Waals surface area contributed by atoms with Crippen molar-refractivity contribution >= 4 is 0 Å². The van der Waals surface area contributed by atoms with E-state index in [0.29, 0.717) is 19.1 Å². The monoisotopic (exact) mass is 206 g/mol. The molecule has 0 unspecified atom stereocenters. The molecule has 4 nitrogen and oxygen atoms in total. The highest BCUT2D eigenvalue weighted by Crippen LogP contribution is 2.04. The van der Waals surface area contributed by atoms with Crippen molar-refractivity contribution in [2.75, 3.05) is 54.4 Å². The first-order valence-corrected chi connectivity index (χ1v) is 4.89. The summed E-state index contributed by atoms with van der Waals surface area (Å²) in [6.45, 7) is 3.49. The van der Waals surface area contributed by atoms with Crippen LogP contribution in [0.3, 0.4) is 0 Å². The predicted molar refractivity (Wildman–Crippen MR) is 54.6 cm³/mol. The van der Waals surface area contributed by atoms with Gasteiger partial charge in [0, 0.05) is 33.9 Å². The molecule has 0 bridgehead atoms. The van der Waals surface area contributed by atoms with E-state index >= 15 is 0 Å². The number of hydrogen-bond acceptors (Lipinski definition) is 4. The fraction of sp³-hybridized carbons (Fsp3) is 1.00. The maximum atomic E-state index is 5.36. The lowest BCUT2D eigenvalue weighted by atomic mass is 10.1. The van der Waals surface area contributed by atoms with E-state index in [0.717, 1.165) is 26.2 Å². The van der Waals surface area contributed by atoms with Gasteiger partial charge in [-0.3, -0.25) is 0 Å². The standard InChI is InChI=1S/C10H22O4/c1-11-6-7-14-5-4-10(8-12-2)9-13-3/h10H,4-9H2,1-3H3. The zero-order valence-corrected chi connectivity index (χ0v) is 9.45. The molecule has 0 aromatic carbocycles. The Hall–Kier alpha value is -0.160. The van der Waals surface area contributed by atoms with Crippen molar-refractivity contribution in [1.29, 1.82) is 0 Å². The zero-order chi connectivity index (χ0) is 10.6. The van der Waals surface area contributed by atoms with Crippen LogP contribution < -0.4 is 0 Å². The van der Waals surface area contributed by atoms with Gasteiger partial charge in [0.25, 0.3) is 0 Å². The molecule has 0 aliphatic carbocycles. The van der Waals surface area contributed by atoms with Crippen molar-refractivity contribution in [3.63, 3.8) is 0 Å². The smallest absolute Gasteiger partial charge is 0.0700 e. The van der Waals surface area contributed by atoms with Crippen molar-refractivity contribution in [2.24, 2.45) is 5.92 Å². The van der Waals surface area contributed by atoms with Crippen LogP contribution in [0.4, 0.5) is 0 Å². The molecule has 0 spiro atoms. The van der Waals surface area contributed by atoms with Crippen LogP contribution >= 0.6 is 0 Å². The van der Waals surface area contributed by atoms with Crippen molar-refractivity contribution < 1.29 is 18.9 Å². The van der Waals surface area contributed by atoms with Gasteiger partial charge in [-0.2, -0.15) is 0 Å². The van der Waals surface area contributed by atoms with Crippen LogP contribution in [0.15, 0.2) is 0 Å². The number of hydrogen-bond donors (Lipinski definition) is 0. The molecule has 0 amide bonds. The molecule has 0 atom stereocenters. The minimum atomic E-state index is 0.424. The van der Waals surface area contributed by atoms with Crippen LogP contribution in [-0.4, -0.2) is 54.4 Å². The molecule has 0 saturated heterocycles. The summed E-state index contributed by atoms with van der Waals surface area (Å²) >= 11 is 0. The Morgan fingerprint density at radius 1 is 0.786 bits per heavy atom. The van der Waals surface area contributed by atoms with E-state index < -0.39 is 0 Å². The molecule has 4 heteroatoms. The van der Waals surface area contributed by atoms with E-state index in [9.17, 15) is 0 Å². The fourth-order valence-electron chi connectivity index (χ4n) is 1.18. The third-order valence-electron chi connectivity index (χ3n) is 1.91. The first-order chi connectivity index (χ1) is 6.85. The Kier molecular flexibility index (Phi) is 10.8. The highest BCUT2D eigenvalue weighted by atomic mass is 16.5. The lowest BCUT2D eigenvalue weighted by molar-refractivity contribution is 0.0362. The van der Waals surface area contributed by atoms with E-state index in [1.807, 2.05) is 0 Å². The second kappa shape index (κ2) is 10.9. The molecule has 14 heavy (non-hydrogen) atoms. The molecule has 0 rings (SSSR count). The summed E-state index contributed by atoms with van der Waals surface area (Å²) in [6, 6.07) is 0. The Balaban J connectivity index is 3.30. The Morgan fingerprint density at radius 3 is 1.93 bits per heavy atom. The molecule has 0 aromatic rings. The molecule has 86 valence electrons. The van der Waals surface area contributed by atoms with Crippen LogP contribution in [0.1, 0.15) is 6.42 Å². The summed E-state index contributed by atoms with van der Waals surface area (Å²) in [5.41, 5.74) is 0. The summed E-state index contributed by atoms with van der Waals surface area (Å²) in [5.74, 6) is 0.424. The summed E-state index contributed by atoms with van der Waals surface area (Å²) in [5, 5.41) is 0. The molecular formula is C10H22O4. The van der Waals surface area contributed by atoms with E-state index in [1.165, 1.54) is 0 Å². The minimum absolute atomic E-state index is 0.424. The van der Waals surface area contributed by atoms with Gasteiger partial charge in [0.05, 0.1) is 26.4 Å². The molecule has 0 aromatic heterocycles. The van der Waals surface area contributed by atoms with E-state index in [4.69, 9.17) is 18.9 Å². The SMILES string of the molecule is COCCOCCC(COC)COC. The van der Waals surface area contributed by atoms with Gasteiger partial charge in [0.1, 0.15) is 0 Å². The molecule has 0 saturated carbocycles. The molecule has 0 heterocycles. The molecule has 0 aliphatic heterocycles. The van der Waals surface area contributed by atoms with Crippen LogP contribution in [0.25, 0.3) is 0 Å². The summed E-state index contributed by atoms with van der Waals surface area (Å²) < 4.78 is 20.4. The first-order valence-electron chi connectivity index (χ1n) is 4.89. The highest BCUT2D eigenvalue weighted by Gasteiger charge is 2.07. The molecule has 0 aliphatic rings. The summed E-state index contributed by atoms with van der Waals surface area (Å²) in [4.78, 5) is 0. The number of ether oxygens (including phenoxy) is 4. The van der Waals surface area contributed by atoms with Gasteiger partial charge >= 0.3 is 0 Å². The van der Waals surface area contributed by atoms with Crippen LogP contribution in [-0.2, 0) is 18.9 Å². The van der Waals surface area contributed by atoms with Crippen molar-refractivity contribution in [1.82, 2.24) is 0 Å². The van der Waals surface area contributed by atoms with Gasteiger partial charge < -0.3 is 18.9 Å². The Bertz CT molecular complexity index is 102. The van der Waals surface area contributed by atoms with Crippen molar-refractivity contribution in [3.05, 3.63) is 0 Å². The van der Waals surface area contributed by atoms with Crippen molar-refractivity contribution in [3.8, 4) is 0 Å². The first kappa shape index (κ1) is 13.8. The average Bonchev–Trinajstić information content (AvgIpc) is 2.18. The van der Waals surface area contributed by atoms with Gasteiger partial charge in [0.15, 0.2) is 0 Å². The normalized spacial score (nSPS) is 11.1. The lowest BCUT2D eigenvalue weighted by Crippen LogP contribution is -2.17. The highest BCUT2D eigenvalue weighted by molar-refractivity contribution is 4.56. The molecule has 0 fully saturated rings. The summed E-state index contributed by atoms with van der Waals surface area (Å²) in [6.07, 6.45) is 0.964. The molecule has 0 N–H and O–H groups in total. The van der Waals surface area contributed by atoms with E-state index in [1.54, 1.807) is 21.3 Å². The average molecular weight is 206 g/mol. The van der Waals surface area contributed by atoms with Gasteiger partial charge in [-0.05, 0) is 6.42 Å². The maximum Gasteiger partial charge on any atom is 0.0700 e. The van der Waals surface area contributed by atoms with Gasteiger partial charge in [-0.1, -0.05) is 0 Å². The number of methoxy groups -OCH3 is 3. The Labute approximate surface area is 86.5 Å². The van der Waals surface area contributed by atoms with Crippen LogP contribution in [0.2, 0.25) is 0 Å². The number of rotatable bonds is 10. The second-order valence-corrected chi connectivity index (χ2v) is 3.17. The van der Waals surface area contributed by atoms with Gasteiger partial charge in [-0.15, -0.1) is 0 Å². The largest absolute Gasteiger partial charge is 0.384 e. The fourth-order valence-corrected chi connectivity index (χ4v) is 1.18. The van der Waals surface area contributed by atoms with Gasteiger partial charge in [-0.25, -0.2) is 0 Å². The van der Waals surface area contributed by atoms with E-state index in [-0.39, 0.29) is 0 Å². The Morgan fingerprint density at radius 2 is 1.43 bits per heavy atom. The zero-order valence-electron chi connectivity index (χ0n) is 9.45. The van der Waals surface area contributed by atoms with Crippen LogP contribution in [0.5, 0.6) is 0 Å². The summed E-state index contributed by atoms with van der Waals surface area (Å²) in [7, 11) is 5.07. The lowest BCUT2D eigenvalue weighted by Gasteiger charge is -2.14. The topological polar surface area (TPSA) is 36.9 Å². The van der Waals surface area contributed by atoms with Crippen LogP contribution in [0, 0.1) is 5.92 Å². The minimum Gasteiger partial charge on any atom is -0.384 e. The predicted octanol–water partition coefficient (Wildman–Crippen LogP) is 0.948. The third kappa shape index (κ3) is 8.44. The quantitative estimate of drug-likeness (QED) is 0.499. The maximum absolute atomic E-state index is 5.36. The van der Waals surface area contributed by atoms with Crippen molar-refractivity contribution in [2.45, 2.75) is 6.42 Å². The second-order valence-electron chi connectivity index (χ2n) is 3.17. The molecular weight excluding hydrogens is 184 g/mol. The molecule has 0 radical (unpaired) electrons. The van der Waals surface area contributed by atoms with Gasteiger partial charge in [0.2, 0.25) is 0 Å². The third-order valence-corrected chi connectivity index (χ3v) is 1.91.